The van der Waals surface area contributed by atoms with Crippen LogP contribution in [0.25, 0.3) is 84.2 Å². The molecule has 10 aromatic carbocycles. The van der Waals surface area contributed by atoms with Crippen molar-refractivity contribution in [2.24, 2.45) is 0 Å². The SMILES string of the molecule is Fc1cc(-c2ccccc2)cc(-c2ccccc2)c1N(c1ccccc1)c1ccc(C=Cc2ccc3c(-c4ccccc4)c(-c4ccccc4)n(-c4ccc5ccccc5c4)c3c2)cc1. The van der Waals surface area contributed by atoms with Gasteiger partial charge < -0.3 is 9.47 Å². The number of benzene rings is 10. The summed E-state index contributed by atoms with van der Waals surface area (Å²) >= 11 is 0. The second-order valence-corrected chi connectivity index (χ2v) is 16.3. The summed E-state index contributed by atoms with van der Waals surface area (Å²) in [7, 11) is 0. The number of fused-ring (bicyclic) bond motifs is 2. The highest BCUT2D eigenvalue weighted by Crippen LogP contribution is 2.46. The molecule has 1 heterocycles. The molecule has 1 aromatic heterocycles. The average Bonchev–Trinajstić information content (AvgIpc) is 3.72. The van der Waals surface area contributed by atoms with Gasteiger partial charge in [-0.2, -0.15) is 0 Å². The first kappa shape index (κ1) is 39.3. The van der Waals surface area contributed by atoms with Gasteiger partial charge in [-0.15, -0.1) is 0 Å². The van der Waals surface area contributed by atoms with Crippen molar-refractivity contribution in [3.8, 4) is 50.3 Å². The highest BCUT2D eigenvalue weighted by molar-refractivity contribution is 6.07. The summed E-state index contributed by atoms with van der Waals surface area (Å²) < 4.78 is 19.4. The van der Waals surface area contributed by atoms with E-state index in [0.29, 0.717) is 5.69 Å². The van der Waals surface area contributed by atoms with Gasteiger partial charge in [-0.3, -0.25) is 0 Å². The third kappa shape index (κ3) is 7.70. The van der Waals surface area contributed by atoms with Gasteiger partial charge in [0.2, 0.25) is 0 Å². The number of hydrogen-bond acceptors (Lipinski definition) is 1. The molecule has 0 aliphatic rings. The van der Waals surface area contributed by atoms with E-state index in [0.717, 1.165) is 67.2 Å². The van der Waals surface area contributed by atoms with Crippen LogP contribution >= 0.6 is 0 Å². The fourth-order valence-corrected chi connectivity index (χ4v) is 9.13. The molecule has 0 radical (unpaired) electrons. The largest absolute Gasteiger partial charge is 0.309 e. The van der Waals surface area contributed by atoms with Crippen molar-refractivity contribution in [3.63, 3.8) is 0 Å². The molecule has 0 aliphatic heterocycles. The van der Waals surface area contributed by atoms with E-state index in [1.165, 1.54) is 27.3 Å². The van der Waals surface area contributed by atoms with Crippen molar-refractivity contribution in [3.05, 3.63) is 266 Å². The van der Waals surface area contributed by atoms with Crippen molar-refractivity contribution in [1.29, 1.82) is 0 Å². The van der Waals surface area contributed by atoms with Crippen LogP contribution in [0.4, 0.5) is 21.5 Å². The maximum atomic E-state index is 17.0. The monoisotopic (exact) mass is 834 g/mol. The summed E-state index contributed by atoms with van der Waals surface area (Å²) in [6, 6.07) is 85.8. The predicted octanol–water partition coefficient (Wildman–Crippen LogP) is 17.2. The number of hydrogen-bond donors (Lipinski definition) is 0. The molecule has 0 spiro atoms. The molecule has 3 heteroatoms. The standard InChI is InChI=1S/C62H43FN2/c63-58-43-52(46-18-6-1-7-19-46)42-57(48-21-8-2-9-22-48)62(58)64(53-28-14-5-15-29-53)54-36-32-44(33-37-54)30-31-45-34-39-56-59(40-45)65(55-38-35-47-20-16-17-27-51(47)41-55)61(50-25-12-4-13-26-50)60(56)49-23-10-3-11-24-49/h1-43H. The van der Waals surface area contributed by atoms with Gasteiger partial charge in [-0.05, 0) is 104 Å². The Bertz CT molecular complexity index is 3450. The topological polar surface area (TPSA) is 8.17 Å². The fourth-order valence-electron chi connectivity index (χ4n) is 9.13. The van der Waals surface area contributed by atoms with Crippen LogP contribution in [0.5, 0.6) is 0 Å². The summed E-state index contributed by atoms with van der Waals surface area (Å²) in [6.45, 7) is 0. The zero-order valence-electron chi connectivity index (χ0n) is 35.6. The third-order valence-electron chi connectivity index (χ3n) is 12.2. The first-order valence-corrected chi connectivity index (χ1v) is 22.0. The minimum absolute atomic E-state index is 0.298. The van der Waals surface area contributed by atoms with E-state index in [-0.39, 0.29) is 5.82 Å². The molecule has 11 rings (SSSR count). The molecule has 0 atom stereocenters. The number of anilines is 3. The Morgan fingerprint density at radius 1 is 0.385 bits per heavy atom. The number of nitrogens with zero attached hydrogens (tertiary/aromatic N) is 2. The van der Waals surface area contributed by atoms with E-state index in [1.807, 2.05) is 95.9 Å². The Morgan fingerprint density at radius 2 is 0.923 bits per heavy atom. The van der Waals surface area contributed by atoms with E-state index in [2.05, 4.69) is 168 Å². The maximum Gasteiger partial charge on any atom is 0.148 e. The molecule has 0 fully saturated rings. The van der Waals surface area contributed by atoms with Crippen molar-refractivity contribution in [1.82, 2.24) is 4.57 Å². The molecule has 65 heavy (non-hydrogen) atoms. The minimum Gasteiger partial charge on any atom is -0.309 e. The zero-order valence-corrected chi connectivity index (χ0v) is 35.6. The molecule has 0 unspecified atom stereocenters. The third-order valence-corrected chi connectivity index (χ3v) is 12.2. The number of rotatable bonds is 10. The molecule has 0 bridgehead atoms. The molecule has 11 aromatic rings. The van der Waals surface area contributed by atoms with Crippen LogP contribution in [-0.2, 0) is 0 Å². The molecule has 2 nitrogen and oxygen atoms in total. The van der Waals surface area contributed by atoms with Crippen LogP contribution in [0.15, 0.2) is 249 Å². The van der Waals surface area contributed by atoms with E-state index < -0.39 is 0 Å². The van der Waals surface area contributed by atoms with Crippen molar-refractivity contribution in [2.75, 3.05) is 4.90 Å². The minimum atomic E-state index is -0.298. The Balaban J connectivity index is 1.01. The van der Waals surface area contributed by atoms with Crippen LogP contribution < -0.4 is 4.90 Å². The van der Waals surface area contributed by atoms with E-state index in [1.54, 1.807) is 6.07 Å². The van der Waals surface area contributed by atoms with Gasteiger partial charge in [-0.25, -0.2) is 4.39 Å². The predicted molar refractivity (Wildman–Crippen MR) is 273 cm³/mol. The Morgan fingerprint density at radius 3 is 1.60 bits per heavy atom. The lowest BCUT2D eigenvalue weighted by molar-refractivity contribution is 0.630. The van der Waals surface area contributed by atoms with Gasteiger partial charge >= 0.3 is 0 Å². The normalized spacial score (nSPS) is 11.4. The van der Waals surface area contributed by atoms with E-state index in [9.17, 15) is 0 Å². The lowest BCUT2D eigenvalue weighted by Crippen LogP contribution is -2.13. The molecule has 0 amide bonds. The first-order chi connectivity index (χ1) is 32.2. The lowest BCUT2D eigenvalue weighted by atomic mass is 9.95. The van der Waals surface area contributed by atoms with Crippen LogP contribution in [0.1, 0.15) is 11.1 Å². The molecule has 308 valence electrons. The van der Waals surface area contributed by atoms with Crippen LogP contribution in [0.2, 0.25) is 0 Å². The van der Waals surface area contributed by atoms with Gasteiger partial charge in [0.1, 0.15) is 5.82 Å². The molecular weight excluding hydrogens is 792 g/mol. The molecule has 0 aliphatic carbocycles. The molecule has 0 saturated heterocycles. The fraction of sp³-hybridized carbons (Fsp3) is 0. The van der Waals surface area contributed by atoms with Crippen molar-refractivity contribution in [2.45, 2.75) is 0 Å². The Labute approximate surface area is 379 Å². The summed E-state index contributed by atoms with van der Waals surface area (Å²) in [5.41, 5.74) is 14.8. The second-order valence-electron chi connectivity index (χ2n) is 16.3. The van der Waals surface area contributed by atoms with Gasteiger partial charge in [0, 0.05) is 33.6 Å². The summed E-state index contributed by atoms with van der Waals surface area (Å²) in [4.78, 5) is 2.03. The highest BCUT2D eigenvalue weighted by atomic mass is 19.1. The van der Waals surface area contributed by atoms with Crippen LogP contribution in [0, 0.1) is 5.82 Å². The molecule has 0 N–H and O–H groups in total. The zero-order chi connectivity index (χ0) is 43.5. The summed E-state index contributed by atoms with van der Waals surface area (Å²) in [5, 5.41) is 3.59. The summed E-state index contributed by atoms with van der Waals surface area (Å²) in [5.74, 6) is -0.298. The molecular formula is C62H43FN2. The molecule has 0 saturated carbocycles. The summed E-state index contributed by atoms with van der Waals surface area (Å²) in [6.07, 6.45) is 4.34. The highest BCUT2D eigenvalue weighted by Gasteiger charge is 2.24. The number of para-hydroxylation sites is 1. The number of halogens is 1. The van der Waals surface area contributed by atoms with Crippen molar-refractivity contribution < 1.29 is 4.39 Å². The average molecular weight is 835 g/mol. The number of aromatic nitrogens is 1. The quantitative estimate of drug-likeness (QED) is 0.125. The second kappa shape index (κ2) is 17.3. The maximum absolute atomic E-state index is 17.0. The van der Waals surface area contributed by atoms with E-state index in [4.69, 9.17) is 0 Å². The smallest absolute Gasteiger partial charge is 0.148 e. The van der Waals surface area contributed by atoms with Gasteiger partial charge in [0.15, 0.2) is 0 Å². The van der Waals surface area contributed by atoms with Gasteiger partial charge in [0.05, 0.1) is 16.9 Å². The Kier molecular flexibility index (Phi) is 10.5. The Hall–Kier alpha value is -8.53. The van der Waals surface area contributed by atoms with E-state index >= 15 is 4.39 Å². The van der Waals surface area contributed by atoms with Gasteiger partial charge in [0.25, 0.3) is 0 Å². The van der Waals surface area contributed by atoms with Gasteiger partial charge in [-0.1, -0.05) is 206 Å². The lowest BCUT2D eigenvalue weighted by Gasteiger charge is -2.29. The van der Waals surface area contributed by atoms with Crippen molar-refractivity contribution >= 4 is 50.9 Å². The van der Waals surface area contributed by atoms with Crippen LogP contribution in [0.3, 0.4) is 0 Å². The van der Waals surface area contributed by atoms with Crippen LogP contribution in [-0.4, -0.2) is 4.57 Å². The first-order valence-electron chi connectivity index (χ1n) is 22.0.